The molecule has 0 radical (unpaired) electrons. The normalized spacial score (nSPS) is 15.6. The van der Waals surface area contributed by atoms with Crippen LogP contribution in [0.4, 0.5) is 5.69 Å². The van der Waals surface area contributed by atoms with E-state index in [-0.39, 0.29) is 0 Å². The molecule has 0 amide bonds. The van der Waals surface area contributed by atoms with Crippen LogP contribution in [-0.4, -0.2) is 24.5 Å². The van der Waals surface area contributed by atoms with Crippen molar-refractivity contribution in [1.82, 2.24) is 5.01 Å². The van der Waals surface area contributed by atoms with Gasteiger partial charge in [0.25, 0.3) is 0 Å². The maximum absolute atomic E-state index is 11.5. The molecule has 0 spiro atoms. The van der Waals surface area contributed by atoms with E-state index in [2.05, 4.69) is 78.9 Å². The lowest BCUT2D eigenvalue weighted by atomic mass is 10.0. The van der Waals surface area contributed by atoms with Gasteiger partial charge in [0, 0.05) is 17.7 Å². The Morgan fingerprint density at radius 3 is 2.27 bits per heavy atom. The molecule has 0 fully saturated rings. The first-order valence-electron chi connectivity index (χ1n) is 9.84. The minimum atomic E-state index is -0.510. The minimum Gasteiger partial charge on any atom is -0.299 e. The van der Waals surface area contributed by atoms with Gasteiger partial charge in [0.1, 0.15) is 0 Å². The molecule has 5 nitrogen and oxygen atoms in total. The molecule has 3 aromatic carbocycles. The predicted octanol–water partition coefficient (Wildman–Crippen LogP) is 5.82. The predicted molar refractivity (Wildman–Crippen MR) is 122 cm³/mol. The smallest absolute Gasteiger partial charge is 0.197 e. The van der Waals surface area contributed by atoms with Crippen LogP contribution in [0.25, 0.3) is 11.1 Å². The highest BCUT2D eigenvalue weighted by Gasteiger charge is 2.29. The van der Waals surface area contributed by atoms with Crippen LogP contribution in [0.15, 0.2) is 82.1 Å². The number of aryl methyl sites for hydroxylation is 2. The monoisotopic (exact) mass is 416 g/mol. The van der Waals surface area contributed by atoms with Crippen molar-refractivity contribution in [2.45, 2.75) is 30.7 Å². The molecule has 152 valence electrons. The molecule has 0 bridgehead atoms. The molecule has 1 aliphatic heterocycles. The zero-order chi connectivity index (χ0) is 21.1. The molecule has 0 saturated carbocycles. The molecule has 1 heterocycles. The molecular formula is C24H24N4OS. The van der Waals surface area contributed by atoms with E-state index in [1.165, 1.54) is 27.1 Å². The number of hydrogen-bond acceptors (Lipinski definition) is 6. The Bertz CT molecular complexity index is 1060. The second-order valence-electron chi connectivity index (χ2n) is 7.40. The molecule has 0 N–H and O–H groups in total. The van der Waals surface area contributed by atoms with Gasteiger partial charge in [0.05, 0.1) is 5.69 Å². The van der Waals surface area contributed by atoms with Gasteiger partial charge in [-0.1, -0.05) is 59.3 Å². The van der Waals surface area contributed by atoms with Crippen molar-refractivity contribution in [2.24, 2.45) is 10.4 Å². The van der Waals surface area contributed by atoms with E-state index in [1.54, 1.807) is 28.8 Å². The molecule has 6 heteroatoms. The lowest BCUT2D eigenvalue weighted by Crippen LogP contribution is -2.38. The van der Waals surface area contributed by atoms with E-state index in [0.717, 1.165) is 23.3 Å². The fourth-order valence-corrected chi connectivity index (χ4v) is 4.46. The third kappa shape index (κ3) is 4.09. The zero-order valence-corrected chi connectivity index (χ0v) is 18.1. The first kappa shape index (κ1) is 20.2. The van der Waals surface area contributed by atoms with E-state index >= 15 is 0 Å². The molecule has 0 aromatic heterocycles. The third-order valence-corrected chi connectivity index (χ3v) is 6.33. The topological polar surface area (TPSA) is 48.3 Å². The number of carbonyl (C=O) groups excluding carboxylic acids is 1. The molecule has 4 rings (SSSR count). The van der Waals surface area contributed by atoms with E-state index in [0.29, 0.717) is 0 Å². The summed E-state index contributed by atoms with van der Waals surface area (Å²) >= 11 is 1.78. The number of anilines is 1. The number of aldehydes is 1. The molecule has 3 aromatic rings. The second kappa shape index (κ2) is 8.71. The largest absolute Gasteiger partial charge is 0.299 e. The van der Waals surface area contributed by atoms with Crippen molar-refractivity contribution in [3.63, 3.8) is 0 Å². The summed E-state index contributed by atoms with van der Waals surface area (Å²) < 4.78 is 0. The van der Waals surface area contributed by atoms with Crippen LogP contribution < -0.4 is 5.01 Å². The summed E-state index contributed by atoms with van der Waals surface area (Å²) in [5.41, 5.74) is 6.95. The average Bonchev–Trinajstić information content (AvgIpc) is 3.14. The Kier molecular flexibility index (Phi) is 5.86. The summed E-state index contributed by atoms with van der Waals surface area (Å²) in [5, 5.41) is 11.5. The Labute approximate surface area is 181 Å². The van der Waals surface area contributed by atoms with Crippen LogP contribution in [0.5, 0.6) is 0 Å². The first-order chi connectivity index (χ1) is 14.6. The van der Waals surface area contributed by atoms with Gasteiger partial charge in [-0.15, -0.1) is 11.8 Å². The van der Waals surface area contributed by atoms with E-state index < -0.39 is 6.17 Å². The van der Waals surface area contributed by atoms with Gasteiger partial charge in [-0.2, -0.15) is 0 Å². The lowest BCUT2D eigenvalue weighted by Gasteiger charge is -2.23. The maximum Gasteiger partial charge on any atom is 0.197 e. The number of carbonyl (C=O) groups is 1. The van der Waals surface area contributed by atoms with Crippen molar-refractivity contribution in [3.8, 4) is 11.1 Å². The average molecular weight is 417 g/mol. The molecule has 1 aliphatic rings. The number of likely N-dealkylation sites (N-methyl/N-ethyl adjacent to an activating group) is 1. The van der Waals surface area contributed by atoms with Crippen LogP contribution in [-0.2, 0) is 10.5 Å². The van der Waals surface area contributed by atoms with Crippen LogP contribution in [0.2, 0.25) is 0 Å². The van der Waals surface area contributed by atoms with Gasteiger partial charge in [0.15, 0.2) is 12.5 Å². The van der Waals surface area contributed by atoms with Crippen molar-refractivity contribution in [2.75, 3.05) is 12.1 Å². The molecule has 1 atom stereocenters. The Morgan fingerprint density at radius 1 is 0.933 bits per heavy atom. The maximum atomic E-state index is 11.5. The summed E-state index contributed by atoms with van der Waals surface area (Å²) in [6.07, 6.45) is 0.354. The van der Waals surface area contributed by atoms with E-state index in [1.807, 2.05) is 12.1 Å². The lowest BCUT2D eigenvalue weighted by molar-refractivity contribution is -0.111. The van der Waals surface area contributed by atoms with Gasteiger partial charge in [-0.3, -0.25) is 4.79 Å². The fourth-order valence-electron chi connectivity index (χ4n) is 3.44. The van der Waals surface area contributed by atoms with E-state index in [9.17, 15) is 4.79 Å². The van der Waals surface area contributed by atoms with Crippen molar-refractivity contribution >= 4 is 23.7 Å². The van der Waals surface area contributed by atoms with Crippen LogP contribution in [0.3, 0.4) is 0 Å². The summed E-state index contributed by atoms with van der Waals surface area (Å²) in [4.78, 5) is 12.7. The van der Waals surface area contributed by atoms with Crippen molar-refractivity contribution in [1.29, 1.82) is 0 Å². The summed E-state index contributed by atoms with van der Waals surface area (Å²) in [5.74, 6) is 0.785. The fraction of sp³-hybridized carbons (Fsp3) is 0.208. The van der Waals surface area contributed by atoms with Crippen LogP contribution in [0.1, 0.15) is 16.7 Å². The second-order valence-corrected chi connectivity index (χ2v) is 8.45. The van der Waals surface area contributed by atoms with Gasteiger partial charge < -0.3 is 0 Å². The molecular weight excluding hydrogens is 392 g/mol. The molecule has 30 heavy (non-hydrogen) atoms. The standard InChI is InChI=1S/C24H24N4OS/c1-17-7-9-19(10-8-17)20-11-13-21(14-12-20)30-16-22-18(2)5-4-6-23(22)28-24(15-29)27(3)25-26-28/h4-15,24H,16H2,1-3H3. The number of benzene rings is 3. The Hall–Kier alpha value is -3.12. The molecule has 1 unspecified atom stereocenters. The van der Waals surface area contributed by atoms with Crippen molar-refractivity contribution < 1.29 is 4.79 Å². The summed E-state index contributed by atoms with van der Waals surface area (Å²) in [6, 6.07) is 23.3. The first-order valence-corrected chi connectivity index (χ1v) is 10.8. The van der Waals surface area contributed by atoms with Gasteiger partial charge in [-0.05, 0) is 59.5 Å². The highest BCUT2D eigenvalue weighted by Crippen LogP contribution is 2.34. The number of nitrogens with zero attached hydrogens (tertiary/aromatic N) is 4. The Morgan fingerprint density at radius 2 is 1.60 bits per heavy atom. The quantitative estimate of drug-likeness (QED) is 0.375. The molecule has 0 aliphatic carbocycles. The number of hydrogen-bond donors (Lipinski definition) is 0. The Balaban J connectivity index is 1.52. The summed E-state index contributed by atoms with van der Waals surface area (Å²) in [7, 11) is 1.75. The van der Waals surface area contributed by atoms with Gasteiger partial charge >= 0.3 is 0 Å². The zero-order valence-electron chi connectivity index (χ0n) is 17.3. The van der Waals surface area contributed by atoms with E-state index in [4.69, 9.17) is 0 Å². The number of rotatable bonds is 6. The molecule has 0 saturated heterocycles. The summed E-state index contributed by atoms with van der Waals surface area (Å²) in [6.45, 7) is 4.19. The highest BCUT2D eigenvalue weighted by atomic mass is 32.2. The van der Waals surface area contributed by atoms with Crippen molar-refractivity contribution in [3.05, 3.63) is 83.4 Å². The van der Waals surface area contributed by atoms with Gasteiger partial charge in [0.2, 0.25) is 0 Å². The van der Waals surface area contributed by atoms with Gasteiger partial charge in [-0.25, -0.2) is 10.0 Å². The van der Waals surface area contributed by atoms with Crippen LogP contribution >= 0.6 is 11.8 Å². The SMILES string of the molecule is Cc1ccc(-c2ccc(SCc3c(C)cccc3N3N=NN(C)C3C=O)cc2)cc1. The number of thioether (sulfide) groups is 1. The minimum absolute atomic E-state index is 0.510. The van der Waals surface area contributed by atoms with Crippen LogP contribution in [0, 0.1) is 13.8 Å². The highest BCUT2D eigenvalue weighted by molar-refractivity contribution is 7.98. The third-order valence-electron chi connectivity index (χ3n) is 5.29.